The highest BCUT2D eigenvalue weighted by Crippen LogP contribution is 2.49. The van der Waals surface area contributed by atoms with E-state index in [0.717, 1.165) is 25.7 Å². The fourth-order valence-corrected chi connectivity index (χ4v) is 1.73. The van der Waals surface area contributed by atoms with E-state index in [1.165, 1.54) is 0 Å². The van der Waals surface area contributed by atoms with Gasteiger partial charge in [-0.1, -0.05) is 13.3 Å². The first kappa shape index (κ1) is 14.2. The van der Waals surface area contributed by atoms with Gasteiger partial charge in [-0.15, -0.1) is 0 Å². The molecule has 0 radical (unpaired) electrons. The molecule has 1 N–H and O–H groups in total. The second-order valence-corrected chi connectivity index (χ2v) is 4.50. The van der Waals surface area contributed by atoms with E-state index >= 15 is 0 Å². The number of carbonyl (C=O) groups excluding carboxylic acids is 1. The van der Waals surface area contributed by atoms with E-state index in [-0.39, 0.29) is 12.0 Å². The van der Waals surface area contributed by atoms with Crippen molar-refractivity contribution in [2.75, 3.05) is 6.54 Å². The first-order valence-corrected chi connectivity index (χ1v) is 5.37. The predicted molar refractivity (Wildman–Crippen MR) is 50.6 cm³/mol. The second-order valence-electron chi connectivity index (χ2n) is 4.50. The molecule has 1 amide bonds. The highest BCUT2D eigenvalue weighted by atomic mass is 19.4. The van der Waals surface area contributed by atoms with Crippen molar-refractivity contribution in [3.05, 3.63) is 0 Å². The molecule has 1 aliphatic carbocycles. The van der Waals surface area contributed by atoms with Crippen LogP contribution < -0.4 is 5.32 Å². The van der Waals surface area contributed by atoms with Crippen molar-refractivity contribution in [1.82, 2.24) is 5.32 Å². The molecule has 0 aliphatic heterocycles. The smallest absolute Gasteiger partial charge is 0.350 e. The number of nitrogens with one attached hydrogen (secondary N) is 1. The number of hydrogen-bond acceptors (Lipinski definition) is 1. The van der Waals surface area contributed by atoms with Gasteiger partial charge in [0.25, 0.3) is 5.91 Å². The summed E-state index contributed by atoms with van der Waals surface area (Å²) in [6, 6.07) is 0. The van der Waals surface area contributed by atoms with Crippen LogP contribution in [0.3, 0.4) is 0 Å². The SMILES string of the molecule is CCCC1(CNC(=O)C(F)(F)C(F)(F)F)CC1. The van der Waals surface area contributed by atoms with Gasteiger partial charge in [0.2, 0.25) is 0 Å². The van der Waals surface area contributed by atoms with Gasteiger partial charge in [0.1, 0.15) is 0 Å². The number of alkyl halides is 5. The molecule has 0 atom stereocenters. The molecule has 0 aromatic rings. The molecule has 17 heavy (non-hydrogen) atoms. The molecule has 1 fully saturated rings. The Kier molecular flexibility index (Phi) is 3.69. The molecule has 0 bridgehead atoms. The zero-order valence-corrected chi connectivity index (χ0v) is 9.33. The van der Waals surface area contributed by atoms with Crippen molar-refractivity contribution in [2.24, 2.45) is 5.41 Å². The van der Waals surface area contributed by atoms with Gasteiger partial charge in [-0.05, 0) is 24.7 Å². The summed E-state index contributed by atoms with van der Waals surface area (Å²) in [6.45, 7) is 1.79. The molecule has 1 saturated carbocycles. The summed E-state index contributed by atoms with van der Waals surface area (Å²) in [5.41, 5.74) is -0.258. The minimum absolute atomic E-state index is 0.106. The highest BCUT2D eigenvalue weighted by molar-refractivity contribution is 5.84. The van der Waals surface area contributed by atoms with Gasteiger partial charge < -0.3 is 5.32 Å². The largest absolute Gasteiger partial charge is 0.463 e. The Morgan fingerprint density at radius 2 is 1.76 bits per heavy atom. The van der Waals surface area contributed by atoms with E-state index in [4.69, 9.17) is 0 Å². The van der Waals surface area contributed by atoms with Crippen LogP contribution in [0.4, 0.5) is 22.0 Å². The summed E-state index contributed by atoms with van der Waals surface area (Å²) in [4.78, 5) is 10.8. The summed E-state index contributed by atoms with van der Waals surface area (Å²) >= 11 is 0. The maximum atomic E-state index is 12.6. The first-order valence-electron chi connectivity index (χ1n) is 5.37. The van der Waals surface area contributed by atoms with Crippen molar-refractivity contribution < 1.29 is 26.7 Å². The van der Waals surface area contributed by atoms with Crippen molar-refractivity contribution in [2.45, 2.75) is 44.7 Å². The lowest BCUT2D eigenvalue weighted by Crippen LogP contribution is -2.51. The van der Waals surface area contributed by atoms with Gasteiger partial charge in [-0.3, -0.25) is 4.79 Å². The lowest BCUT2D eigenvalue weighted by molar-refractivity contribution is -0.269. The van der Waals surface area contributed by atoms with Crippen molar-refractivity contribution in [3.8, 4) is 0 Å². The maximum absolute atomic E-state index is 12.6. The molecule has 0 aromatic carbocycles. The van der Waals surface area contributed by atoms with Gasteiger partial charge in [0, 0.05) is 6.54 Å². The van der Waals surface area contributed by atoms with Crippen LogP contribution in [0, 0.1) is 5.41 Å². The standard InChI is InChI=1S/C10H14F5NO/c1-2-3-8(4-5-8)6-16-7(17)9(11,12)10(13,14)15/h2-6H2,1H3,(H,16,17). The molecule has 0 aromatic heterocycles. The van der Waals surface area contributed by atoms with Gasteiger partial charge in [0.05, 0.1) is 0 Å². The third kappa shape index (κ3) is 3.07. The zero-order valence-electron chi connectivity index (χ0n) is 9.33. The first-order chi connectivity index (χ1) is 7.65. The molecular weight excluding hydrogens is 245 g/mol. The van der Waals surface area contributed by atoms with Crippen LogP contribution in [0.2, 0.25) is 0 Å². The lowest BCUT2D eigenvalue weighted by Gasteiger charge is -2.21. The fraction of sp³-hybridized carbons (Fsp3) is 0.900. The van der Waals surface area contributed by atoms with E-state index < -0.39 is 18.0 Å². The average molecular weight is 259 g/mol. The summed E-state index contributed by atoms with van der Waals surface area (Å²) in [5.74, 6) is -7.57. The predicted octanol–water partition coefficient (Wildman–Crippen LogP) is 2.88. The number of rotatable bonds is 5. The molecule has 7 heteroatoms. The Labute approximate surface area is 95.6 Å². The van der Waals surface area contributed by atoms with Crippen LogP contribution in [0.25, 0.3) is 0 Å². The lowest BCUT2D eigenvalue weighted by atomic mass is 10.0. The summed E-state index contributed by atoms with van der Waals surface area (Å²) < 4.78 is 60.7. The van der Waals surface area contributed by atoms with Crippen LogP contribution in [-0.4, -0.2) is 24.6 Å². The maximum Gasteiger partial charge on any atom is 0.463 e. The number of halogens is 5. The molecule has 1 aliphatic rings. The summed E-state index contributed by atoms with van der Waals surface area (Å²) in [5, 5.41) is 1.71. The zero-order chi connectivity index (χ0) is 13.3. The molecule has 100 valence electrons. The monoisotopic (exact) mass is 259 g/mol. The van der Waals surface area contributed by atoms with Crippen LogP contribution >= 0.6 is 0 Å². The average Bonchev–Trinajstić information content (AvgIpc) is 2.94. The third-order valence-electron chi connectivity index (χ3n) is 3.00. The van der Waals surface area contributed by atoms with Crippen LogP contribution in [0.1, 0.15) is 32.6 Å². The Morgan fingerprint density at radius 3 is 2.12 bits per heavy atom. The van der Waals surface area contributed by atoms with Gasteiger partial charge >= 0.3 is 12.1 Å². The number of amides is 1. The van der Waals surface area contributed by atoms with E-state index in [2.05, 4.69) is 0 Å². The normalized spacial score (nSPS) is 18.9. The van der Waals surface area contributed by atoms with Gasteiger partial charge in [-0.2, -0.15) is 22.0 Å². The second kappa shape index (κ2) is 4.42. The Morgan fingerprint density at radius 1 is 1.24 bits per heavy atom. The molecule has 0 unspecified atom stereocenters. The Bertz CT molecular complexity index is 296. The molecule has 2 nitrogen and oxygen atoms in total. The molecule has 0 heterocycles. The van der Waals surface area contributed by atoms with E-state index in [1.807, 2.05) is 6.92 Å². The van der Waals surface area contributed by atoms with Crippen molar-refractivity contribution >= 4 is 5.91 Å². The summed E-state index contributed by atoms with van der Waals surface area (Å²) in [6.07, 6.45) is -2.77. The van der Waals surface area contributed by atoms with Gasteiger partial charge in [0.15, 0.2) is 0 Å². The minimum atomic E-state index is -5.83. The molecule has 0 spiro atoms. The van der Waals surface area contributed by atoms with Gasteiger partial charge in [-0.25, -0.2) is 0 Å². The molecule has 0 saturated heterocycles. The van der Waals surface area contributed by atoms with Crippen LogP contribution in [0.15, 0.2) is 0 Å². The molecule has 1 rings (SSSR count). The van der Waals surface area contributed by atoms with Crippen LogP contribution in [-0.2, 0) is 4.79 Å². The minimum Gasteiger partial charge on any atom is -0.350 e. The summed E-state index contributed by atoms with van der Waals surface area (Å²) in [7, 11) is 0. The number of carbonyl (C=O) groups is 1. The van der Waals surface area contributed by atoms with E-state index in [9.17, 15) is 26.7 Å². The van der Waals surface area contributed by atoms with Crippen LogP contribution in [0.5, 0.6) is 0 Å². The third-order valence-corrected chi connectivity index (χ3v) is 3.00. The van der Waals surface area contributed by atoms with Crippen molar-refractivity contribution in [3.63, 3.8) is 0 Å². The quantitative estimate of drug-likeness (QED) is 0.756. The highest BCUT2D eigenvalue weighted by Gasteiger charge is 2.63. The molecular formula is C10H14F5NO. The number of hydrogen-bond donors (Lipinski definition) is 1. The topological polar surface area (TPSA) is 29.1 Å². The van der Waals surface area contributed by atoms with Crippen molar-refractivity contribution in [1.29, 1.82) is 0 Å². The fourth-order valence-electron chi connectivity index (χ4n) is 1.73. The van der Waals surface area contributed by atoms with E-state index in [0.29, 0.717) is 0 Å². The Hall–Kier alpha value is -0.880. The van der Waals surface area contributed by atoms with E-state index in [1.54, 1.807) is 5.32 Å². The Balaban J connectivity index is 2.50.